The molecule has 2 aromatic carbocycles. The van der Waals surface area contributed by atoms with E-state index in [1.165, 1.54) is 16.3 Å². The summed E-state index contributed by atoms with van der Waals surface area (Å²) in [4.78, 5) is 12.8. The molecule has 1 unspecified atom stereocenters. The van der Waals surface area contributed by atoms with Crippen molar-refractivity contribution >= 4 is 16.6 Å². The Morgan fingerprint density at radius 3 is 2.00 bits per heavy atom. The van der Waals surface area contributed by atoms with Crippen molar-refractivity contribution in [2.75, 3.05) is 0 Å². The summed E-state index contributed by atoms with van der Waals surface area (Å²) in [6.45, 7) is 18.2. The van der Waals surface area contributed by atoms with Crippen molar-refractivity contribution in [3.63, 3.8) is 0 Å². The molecule has 0 amide bonds. The van der Waals surface area contributed by atoms with Gasteiger partial charge < -0.3 is 5.32 Å². The van der Waals surface area contributed by atoms with E-state index in [0.29, 0.717) is 0 Å². The number of Topliss-reactive ketones (excluding diaryl/α,β-unsaturated/α-hetero) is 1. The van der Waals surface area contributed by atoms with Crippen molar-refractivity contribution in [3.05, 3.63) is 48.0 Å². The molecule has 0 spiro atoms. The summed E-state index contributed by atoms with van der Waals surface area (Å²) in [6, 6.07) is 14.8. The van der Waals surface area contributed by atoms with E-state index < -0.39 is 0 Å². The molecule has 26 heavy (non-hydrogen) atoms. The molecule has 0 aliphatic heterocycles. The number of hydrogen-bond donors (Lipinski definition) is 1. The summed E-state index contributed by atoms with van der Waals surface area (Å²) in [5.41, 5.74) is 0.894. The fourth-order valence-electron chi connectivity index (χ4n) is 2.84. The van der Waals surface area contributed by atoms with Gasteiger partial charge in [-0.1, -0.05) is 105 Å². The normalized spacial score (nSPS) is 11.9. The average molecular weight is 358 g/mol. The highest BCUT2D eigenvalue weighted by molar-refractivity contribution is 5.91. The highest BCUT2D eigenvalue weighted by Gasteiger charge is 2.30. The fourth-order valence-corrected chi connectivity index (χ4v) is 2.84. The third kappa shape index (κ3) is 7.29. The van der Waals surface area contributed by atoms with E-state index in [1.807, 2.05) is 48.5 Å². The summed E-state index contributed by atoms with van der Waals surface area (Å²) in [7, 11) is 0. The molecule has 0 heterocycles. The number of ketones is 1. The first-order chi connectivity index (χ1) is 12.3. The van der Waals surface area contributed by atoms with E-state index in [0.717, 1.165) is 6.42 Å². The molecule has 0 aliphatic rings. The quantitative estimate of drug-likeness (QED) is 0.669. The van der Waals surface area contributed by atoms with Gasteiger partial charge in [0.25, 0.3) is 0 Å². The minimum atomic E-state index is -0.336. The maximum atomic E-state index is 12.8. The Hall–Kier alpha value is -1.67. The van der Waals surface area contributed by atoms with Crippen LogP contribution in [0.25, 0.3) is 10.8 Å². The predicted molar refractivity (Wildman–Crippen MR) is 117 cm³/mol. The molecule has 1 atom stereocenters. The molecule has 2 aromatic rings. The van der Waals surface area contributed by atoms with Gasteiger partial charge in [0.05, 0.1) is 6.04 Å². The molecule has 2 rings (SSSR count). The SMILES string of the molecule is CC.CC.CC(C)NC(Cc1cccc2ccccc12)C(=O)C(C)(C)C. The van der Waals surface area contributed by atoms with Gasteiger partial charge >= 0.3 is 0 Å². The van der Waals surface area contributed by atoms with Crippen molar-refractivity contribution in [2.24, 2.45) is 5.41 Å². The molecular weight excluding hydrogens is 318 g/mol. The highest BCUT2D eigenvalue weighted by atomic mass is 16.1. The lowest BCUT2D eigenvalue weighted by Crippen LogP contribution is -2.47. The zero-order valence-corrected chi connectivity index (χ0v) is 18.3. The Balaban J connectivity index is 0.00000146. The minimum Gasteiger partial charge on any atom is -0.305 e. The van der Waals surface area contributed by atoms with Crippen LogP contribution in [0, 0.1) is 5.41 Å². The van der Waals surface area contributed by atoms with Crippen LogP contribution in [0.5, 0.6) is 0 Å². The third-order valence-electron chi connectivity index (χ3n) is 3.89. The Labute approximate surface area is 161 Å². The molecular formula is C24H39NO. The first-order valence-electron chi connectivity index (χ1n) is 10.1. The molecule has 2 nitrogen and oxygen atoms in total. The summed E-state index contributed by atoms with van der Waals surface area (Å²) < 4.78 is 0. The molecule has 1 N–H and O–H groups in total. The van der Waals surface area contributed by atoms with Gasteiger partial charge in [-0.25, -0.2) is 0 Å². The number of rotatable bonds is 5. The van der Waals surface area contributed by atoms with Crippen LogP contribution in [0.3, 0.4) is 0 Å². The molecule has 146 valence electrons. The standard InChI is InChI=1S/C20H27NO.2C2H6/c1-14(2)21-18(19(22)20(3,4)5)13-16-11-8-10-15-9-6-7-12-17(15)16;2*1-2/h6-12,14,18,21H,13H2,1-5H3;2*1-2H3. The van der Waals surface area contributed by atoms with Crippen LogP contribution >= 0.6 is 0 Å². The number of fused-ring (bicyclic) bond motifs is 1. The van der Waals surface area contributed by atoms with Gasteiger partial charge in [-0.3, -0.25) is 4.79 Å². The molecule has 0 fully saturated rings. The number of carbonyl (C=O) groups is 1. The zero-order valence-electron chi connectivity index (χ0n) is 18.3. The summed E-state index contributed by atoms with van der Waals surface area (Å²) in [5.74, 6) is 0.272. The van der Waals surface area contributed by atoms with E-state index >= 15 is 0 Å². The highest BCUT2D eigenvalue weighted by Crippen LogP contribution is 2.23. The van der Waals surface area contributed by atoms with Crippen LogP contribution in [0.1, 0.15) is 67.9 Å². The Morgan fingerprint density at radius 1 is 0.923 bits per heavy atom. The lowest BCUT2D eigenvalue weighted by Gasteiger charge is -2.27. The van der Waals surface area contributed by atoms with E-state index in [9.17, 15) is 4.79 Å². The van der Waals surface area contributed by atoms with Crippen molar-refractivity contribution < 1.29 is 4.79 Å². The topological polar surface area (TPSA) is 29.1 Å². The van der Waals surface area contributed by atoms with Gasteiger partial charge in [-0.05, 0) is 22.8 Å². The van der Waals surface area contributed by atoms with E-state index in [2.05, 4.69) is 61.6 Å². The molecule has 0 aliphatic carbocycles. The Morgan fingerprint density at radius 2 is 1.46 bits per heavy atom. The van der Waals surface area contributed by atoms with Gasteiger partial charge in [0, 0.05) is 11.5 Å². The Bertz CT molecular complexity index is 647. The van der Waals surface area contributed by atoms with Crippen LogP contribution < -0.4 is 5.32 Å². The zero-order chi connectivity index (χ0) is 20.3. The monoisotopic (exact) mass is 357 g/mol. The van der Waals surface area contributed by atoms with Gasteiger partial charge in [-0.2, -0.15) is 0 Å². The van der Waals surface area contributed by atoms with Crippen LogP contribution in [0.4, 0.5) is 0 Å². The van der Waals surface area contributed by atoms with Crippen LogP contribution in [0.15, 0.2) is 42.5 Å². The maximum Gasteiger partial charge on any atom is 0.155 e. The second-order valence-corrected chi connectivity index (χ2v) is 7.33. The minimum absolute atomic E-state index is 0.147. The largest absolute Gasteiger partial charge is 0.305 e. The first kappa shape index (κ1) is 24.3. The van der Waals surface area contributed by atoms with Crippen LogP contribution in [0.2, 0.25) is 0 Å². The van der Waals surface area contributed by atoms with Gasteiger partial charge in [0.1, 0.15) is 0 Å². The van der Waals surface area contributed by atoms with E-state index in [-0.39, 0.29) is 23.3 Å². The average Bonchev–Trinajstić information content (AvgIpc) is 2.63. The molecule has 0 saturated carbocycles. The summed E-state index contributed by atoms with van der Waals surface area (Å²) in [6.07, 6.45) is 0.732. The molecule has 0 bridgehead atoms. The second kappa shape index (κ2) is 11.9. The number of hydrogen-bond acceptors (Lipinski definition) is 2. The second-order valence-electron chi connectivity index (χ2n) is 7.33. The van der Waals surface area contributed by atoms with Crippen molar-refractivity contribution in [1.82, 2.24) is 5.32 Å². The van der Waals surface area contributed by atoms with Crippen molar-refractivity contribution in [2.45, 2.75) is 80.8 Å². The third-order valence-corrected chi connectivity index (χ3v) is 3.89. The number of benzene rings is 2. The molecule has 0 radical (unpaired) electrons. The van der Waals surface area contributed by atoms with Crippen molar-refractivity contribution in [1.29, 1.82) is 0 Å². The fraction of sp³-hybridized carbons (Fsp3) is 0.542. The number of nitrogens with one attached hydrogen (secondary N) is 1. The lowest BCUT2D eigenvalue weighted by atomic mass is 9.83. The lowest BCUT2D eigenvalue weighted by molar-refractivity contribution is -0.128. The summed E-state index contributed by atoms with van der Waals surface area (Å²) >= 11 is 0. The van der Waals surface area contributed by atoms with Crippen LogP contribution in [-0.2, 0) is 11.2 Å². The summed E-state index contributed by atoms with van der Waals surface area (Å²) in [5, 5.41) is 5.92. The van der Waals surface area contributed by atoms with Gasteiger partial charge in [0.2, 0.25) is 0 Å². The van der Waals surface area contributed by atoms with E-state index in [1.54, 1.807) is 0 Å². The smallest absolute Gasteiger partial charge is 0.155 e. The van der Waals surface area contributed by atoms with Gasteiger partial charge in [0.15, 0.2) is 5.78 Å². The molecule has 2 heteroatoms. The molecule has 0 aromatic heterocycles. The van der Waals surface area contributed by atoms with Crippen molar-refractivity contribution in [3.8, 4) is 0 Å². The molecule has 0 saturated heterocycles. The maximum absolute atomic E-state index is 12.8. The first-order valence-corrected chi connectivity index (χ1v) is 10.1. The number of carbonyl (C=O) groups excluding carboxylic acids is 1. The predicted octanol–water partition coefficient (Wildman–Crippen LogP) is 6.42. The Kier molecular flexibility index (Phi) is 11.1. The van der Waals surface area contributed by atoms with Gasteiger partial charge in [-0.15, -0.1) is 0 Å². The van der Waals surface area contributed by atoms with E-state index in [4.69, 9.17) is 0 Å². The van der Waals surface area contributed by atoms with Crippen LogP contribution in [-0.4, -0.2) is 17.9 Å².